The summed E-state index contributed by atoms with van der Waals surface area (Å²) in [4.78, 5) is 22.6. The molecule has 0 fully saturated rings. The Morgan fingerprint density at radius 2 is 2.00 bits per heavy atom. The van der Waals surface area contributed by atoms with E-state index in [0.717, 1.165) is 0 Å². The Labute approximate surface area is 92.0 Å². The number of benzene rings is 1. The number of hydrogen-bond donors (Lipinski definition) is 2. The number of hydrogen-bond acceptors (Lipinski definition) is 4. The second-order valence-corrected chi connectivity index (χ2v) is 3.05. The van der Waals surface area contributed by atoms with E-state index in [2.05, 4.69) is 6.58 Å². The van der Waals surface area contributed by atoms with Crippen LogP contribution in [-0.4, -0.2) is 11.7 Å². The lowest BCUT2D eigenvalue weighted by Gasteiger charge is -2.06. The number of primary amides is 1. The number of amides is 1. The van der Waals surface area contributed by atoms with Crippen molar-refractivity contribution in [1.29, 1.82) is 5.26 Å². The number of nitrogen functional groups attached to an aromatic ring is 1. The first kappa shape index (κ1) is 11.5. The molecule has 0 aliphatic rings. The van der Waals surface area contributed by atoms with E-state index in [1.54, 1.807) is 0 Å². The van der Waals surface area contributed by atoms with E-state index in [9.17, 15) is 9.59 Å². The zero-order chi connectivity index (χ0) is 12.3. The van der Waals surface area contributed by atoms with Gasteiger partial charge in [-0.3, -0.25) is 9.59 Å². The molecule has 0 heterocycles. The van der Waals surface area contributed by atoms with Gasteiger partial charge in [-0.1, -0.05) is 12.6 Å². The summed E-state index contributed by atoms with van der Waals surface area (Å²) in [6.07, 6.45) is 0. The van der Waals surface area contributed by atoms with Crippen LogP contribution < -0.4 is 11.5 Å². The van der Waals surface area contributed by atoms with Gasteiger partial charge in [0.25, 0.3) is 5.91 Å². The van der Waals surface area contributed by atoms with Crippen LogP contribution in [0.1, 0.15) is 15.9 Å². The molecule has 5 nitrogen and oxygen atoms in total. The van der Waals surface area contributed by atoms with E-state index in [4.69, 9.17) is 16.7 Å². The Hall–Kier alpha value is -2.61. The maximum Gasteiger partial charge on any atom is 0.252 e. The van der Waals surface area contributed by atoms with Crippen LogP contribution in [0, 0.1) is 11.3 Å². The smallest absolute Gasteiger partial charge is 0.252 e. The molecule has 0 saturated carbocycles. The van der Waals surface area contributed by atoms with Crippen molar-refractivity contribution in [3.8, 4) is 6.07 Å². The Morgan fingerprint density at radius 3 is 2.50 bits per heavy atom. The van der Waals surface area contributed by atoms with Crippen molar-refractivity contribution < 1.29 is 9.59 Å². The predicted octanol–water partition coefficient (Wildman–Crippen LogP) is 0.365. The van der Waals surface area contributed by atoms with Gasteiger partial charge < -0.3 is 11.5 Å². The van der Waals surface area contributed by atoms with Gasteiger partial charge in [0.1, 0.15) is 0 Å². The summed E-state index contributed by atoms with van der Waals surface area (Å²) in [5.41, 5.74) is 10.3. The lowest BCUT2D eigenvalue weighted by Crippen LogP contribution is -2.21. The number of carbonyl (C=O) groups is 2. The molecule has 0 bridgehead atoms. The van der Waals surface area contributed by atoms with Gasteiger partial charge in [-0.05, 0) is 12.1 Å². The van der Waals surface area contributed by atoms with Crippen LogP contribution in [0.3, 0.4) is 0 Å². The summed E-state index contributed by atoms with van der Waals surface area (Å²) in [7, 11) is 0. The fourth-order valence-electron chi connectivity index (χ4n) is 1.18. The van der Waals surface area contributed by atoms with E-state index >= 15 is 0 Å². The van der Waals surface area contributed by atoms with Gasteiger partial charge >= 0.3 is 0 Å². The SMILES string of the molecule is C=C(C(N)=O)C(=O)c1c(N)cccc1C#N. The summed E-state index contributed by atoms with van der Waals surface area (Å²) >= 11 is 0. The summed E-state index contributed by atoms with van der Waals surface area (Å²) < 4.78 is 0. The third-order valence-electron chi connectivity index (χ3n) is 2.02. The Morgan fingerprint density at radius 1 is 1.38 bits per heavy atom. The lowest BCUT2D eigenvalue weighted by molar-refractivity contribution is -0.114. The zero-order valence-corrected chi connectivity index (χ0v) is 8.36. The quantitative estimate of drug-likeness (QED) is 0.249. The molecule has 0 aromatic heterocycles. The second kappa shape index (κ2) is 4.28. The topological polar surface area (TPSA) is 110 Å². The molecule has 80 valence electrons. The van der Waals surface area contributed by atoms with Gasteiger partial charge in [-0.25, -0.2) is 0 Å². The molecular weight excluding hydrogens is 206 g/mol. The fourth-order valence-corrected chi connectivity index (χ4v) is 1.18. The fraction of sp³-hybridized carbons (Fsp3) is 0. The largest absolute Gasteiger partial charge is 0.398 e. The van der Waals surface area contributed by atoms with Crippen molar-refractivity contribution in [1.82, 2.24) is 0 Å². The average molecular weight is 215 g/mol. The molecule has 1 aromatic carbocycles. The number of anilines is 1. The number of rotatable bonds is 3. The van der Waals surface area contributed by atoms with Crippen molar-refractivity contribution in [3.05, 3.63) is 41.5 Å². The molecule has 0 aliphatic heterocycles. The standard InChI is InChI=1S/C11H9N3O2/c1-6(11(14)16)10(15)9-7(5-12)3-2-4-8(9)13/h2-4H,1,13H2,(H2,14,16). The van der Waals surface area contributed by atoms with Gasteiger partial charge in [0.2, 0.25) is 5.78 Å². The molecule has 0 aliphatic carbocycles. The highest BCUT2D eigenvalue weighted by Crippen LogP contribution is 2.19. The summed E-state index contributed by atoms with van der Waals surface area (Å²) in [6.45, 7) is 3.26. The summed E-state index contributed by atoms with van der Waals surface area (Å²) in [6, 6.07) is 6.25. The van der Waals surface area contributed by atoms with E-state index in [1.165, 1.54) is 18.2 Å². The second-order valence-electron chi connectivity index (χ2n) is 3.05. The van der Waals surface area contributed by atoms with E-state index in [-0.39, 0.29) is 16.8 Å². The van der Waals surface area contributed by atoms with E-state index < -0.39 is 17.3 Å². The van der Waals surface area contributed by atoms with Crippen molar-refractivity contribution in [2.45, 2.75) is 0 Å². The Kier molecular flexibility index (Phi) is 3.06. The van der Waals surface area contributed by atoms with Gasteiger partial charge in [-0.2, -0.15) is 5.26 Å². The van der Waals surface area contributed by atoms with Crippen LogP contribution in [0.25, 0.3) is 0 Å². The minimum absolute atomic E-state index is 0.0335. The van der Waals surface area contributed by atoms with Crippen molar-refractivity contribution in [3.63, 3.8) is 0 Å². The monoisotopic (exact) mass is 215 g/mol. The highest BCUT2D eigenvalue weighted by Gasteiger charge is 2.20. The molecule has 0 unspecified atom stereocenters. The van der Waals surface area contributed by atoms with E-state index in [1.807, 2.05) is 6.07 Å². The first-order valence-corrected chi connectivity index (χ1v) is 4.31. The van der Waals surface area contributed by atoms with Crippen molar-refractivity contribution in [2.24, 2.45) is 5.73 Å². The number of carbonyl (C=O) groups excluding carboxylic acids is 2. The molecule has 1 rings (SSSR count). The van der Waals surface area contributed by atoms with Crippen LogP contribution in [0.2, 0.25) is 0 Å². The summed E-state index contributed by atoms with van der Waals surface area (Å²) in [5.74, 6) is -1.65. The highest BCUT2D eigenvalue weighted by molar-refractivity contribution is 6.26. The van der Waals surface area contributed by atoms with Crippen LogP contribution in [-0.2, 0) is 4.79 Å². The van der Waals surface area contributed by atoms with Crippen LogP contribution in [0.4, 0.5) is 5.69 Å². The Balaban J connectivity index is 3.34. The highest BCUT2D eigenvalue weighted by atomic mass is 16.2. The number of nitriles is 1. The average Bonchev–Trinajstić information content (AvgIpc) is 2.26. The molecule has 16 heavy (non-hydrogen) atoms. The van der Waals surface area contributed by atoms with Crippen LogP contribution in [0.5, 0.6) is 0 Å². The molecule has 1 amide bonds. The molecular formula is C11H9N3O2. The molecule has 0 radical (unpaired) electrons. The number of Topliss-reactive ketones (excluding diaryl/α,β-unsaturated/α-hetero) is 1. The minimum atomic E-state index is -0.933. The predicted molar refractivity (Wildman–Crippen MR) is 58.2 cm³/mol. The molecule has 5 heteroatoms. The van der Waals surface area contributed by atoms with E-state index in [0.29, 0.717) is 0 Å². The summed E-state index contributed by atoms with van der Waals surface area (Å²) in [5, 5.41) is 8.81. The molecule has 0 spiro atoms. The van der Waals surface area contributed by atoms with Gasteiger partial charge in [0, 0.05) is 5.69 Å². The van der Waals surface area contributed by atoms with Crippen molar-refractivity contribution >= 4 is 17.4 Å². The maximum atomic E-state index is 11.8. The first-order valence-electron chi connectivity index (χ1n) is 4.31. The molecule has 1 aromatic rings. The molecule has 0 saturated heterocycles. The molecule has 4 N–H and O–H groups in total. The maximum absolute atomic E-state index is 11.8. The number of nitrogens with two attached hydrogens (primary N) is 2. The first-order chi connectivity index (χ1) is 7.49. The lowest BCUT2D eigenvalue weighted by atomic mass is 9.98. The van der Waals surface area contributed by atoms with Crippen molar-refractivity contribution in [2.75, 3.05) is 5.73 Å². The Bertz CT molecular complexity index is 527. The minimum Gasteiger partial charge on any atom is -0.398 e. The molecule has 0 atom stereocenters. The van der Waals surface area contributed by atoms with Crippen LogP contribution in [0.15, 0.2) is 30.4 Å². The normalized spacial score (nSPS) is 9.19. The van der Waals surface area contributed by atoms with Gasteiger partial charge in [0.05, 0.1) is 22.8 Å². The van der Waals surface area contributed by atoms with Crippen LogP contribution >= 0.6 is 0 Å². The number of ketones is 1. The van der Waals surface area contributed by atoms with Gasteiger partial charge in [-0.15, -0.1) is 0 Å². The third kappa shape index (κ3) is 1.91. The zero-order valence-electron chi connectivity index (χ0n) is 8.36. The third-order valence-corrected chi connectivity index (χ3v) is 2.02. The van der Waals surface area contributed by atoms with Gasteiger partial charge in [0.15, 0.2) is 0 Å². The number of nitrogens with zero attached hydrogens (tertiary/aromatic N) is 1.